The predicted octanol–water partition coefficient (Wildman–Crippen LogP) is 7.72. The molecule has 5 nitrogen and oxygen atoms in total. The predicted molar refractivity (Wildman–Crippen MR) is 155 cm³/mol. The van der Waals surface area contributed by atoms with Crippen LogP contribution in [0.5, 0.6) is 0 Å². The molecular weight excluding hydrogens is 488 g/mol. The molecule has 4 fully saturated rings. The van der Waals surface area contributed by atoms with Crippen LogP contribution in [0, 0.1) is 52.3 Å². The zero-order chi connectivity index (χ0) is 28.8. The van der Waals surface area contributed by atoms with E-state index in [0.29, 0.717) is 41.9 Å². The maximum atomic E-state index is 12.5. The second kappa shape index (κ2) is 11.6. The van der Waals surface area contributed by atoms with Gasteiger partial charge in [-0.3, -0.25) is 9.59 Å². The number of hydrogen-bond donors (Lipinski definition) is 1. The second-order valence-corrected chi connectivity index (χ2v) is 15.3. The third-order valence-electron chi connectivity index (χ3n) is 12.7. The van der Waals surface area contributed by atoms with Crippen molar-refractivity contribution in [3.8, 4) is 0 Å². The number of carbonyl (C=O) groups is 2. The first kappa shape index (κ1) is 30.8. The highest BCUT2D eigenvalue weighted by Crippen LogP contribution is 2.68. The molecule has 0 bridgehead atoms. The Labute approximate surface area is 238 Å². The van der Waals surface area contributed by atoms with E-state index in [-0.39, 0.29) is 46.5 Å². The van der Waals surface area contributed by atoms with Gasteiger partial charge in [0.2, 0.25) is 0 Å². The van der Waals surface area contributed by atoms with Crippen LogP contribution in [0.25, 0.3) is 0 Å². The molecule has 224 valence electrons. The van der Waals surface area contributed by atoms with Crippen molar-refractivity contribution in [2.75, 3.05) is 0 Å². The van der Waals surface area contributed by atoms with Gasteiger partial charge in [0.15, 0.2) is 0 Å². The first-order chi connectivity index (χ1) is 18.3. The summed E-state index contributed by atoms with van der Waals surface area (Å²) < 4.78 is 11.7. The number of carbonyl (C=O) groups excluding carboxylic acids is 2. The Kier molecular flexibility index (Phi) is 9.21. The molecule has 39 heavy (non-hydrogen) atoms. The maximum Gasteiger partial charge on any atom is 0.308 e. The molecule has 0 aromatic heterocycles. The summed E-state index contributed by atoms with van der Waals surface area (Å²) in [5, 5.41) is 11.7. The van der Waals surface area contributed by atoms with E-state index in [4.69, 9.17) is 9.47 Å². The van der Waals surface area contributed by atoms with Crippen molar-refractivity contribution in [3.05, 3.63) is 0 Å². The van der Waals surface area contributed by atoms with Crippen molar-refractivity contribution < 1.29 is 24.2 Å². The Morgan fingerprint density at radius 1 is 0.974 bits per heavy atom. The van der Waals surface area contributed by atoms with Gasteiger partial charge >= 0.3 is 11.9 Å². The van der Waals surface area contributed by atoms with Crippen LogP contribution in [0.4, 0.5) is 0 Å². The second-order valence-electron chi connectivity index (χ2n) is 15.3. The van der Waals surface area contributed by atoms with E-state index in [1.165, 1.54) is 25.7 Å². The first-order valence-corrected chi connectivity index (χ1v) is 16.4. The van der Waals surface area contributed by atoms with E-state index >= 15 is 0 Å². The van der Waals surface area contributed by atoms with Crippen LogP contribution in [0.15, 0.2) is 0 Å². The van der Waals surface area contributed by atoms with Crippen LogP contribution < -0.4 is 0 Å². The lowest BCUT2D eigenvalue weighted by atomic mass is 9.43. The maximum absolute atomic E-state index is 12.5. The minimum atomic E-state index is -0.386. The summed E-state index contributed by atoms with van der Waals surface area (Å²) in [6, 6.07) is 0. The zero-order valence-electron chi connectivity index (χ0n) is 26.3. The van der Waals surface area contributed by atoms with E-state index in [9.17, 15) is 14.7 Å². The van der Waals surface area contributed by atoms with Gasteiger partial charge in [0.25, 0.3) is 0 Å². The smallest absolute Gasteiger partial charge is 0.308 e. The average Bonchev–Trinajstić information content (AvgIpc) is 3.24. The van der Waals surface area contributed by atoms with Gasteiger partial charge in [-0.05, 0) is 131 Å². The van der Waals surface area contributed by atoms with E-state index in [0.717, 1.165) is 44.9 Å². The van der Waals surface area contributed by atoms with E-state index in [1.54, 1.807) is 0 Å². The Bertz CT molecular complexity index is 883. The third kappa shape index (κ3) is 5.95. The van der Waals surface area contributed by atoms with Crippen LogP contribution in [0.3, 0.4) is 0 Å². The monoisotopic (exact) mass is 546 g/mol. The highest BCUT2D eigenvalue weighted by Gasteiger charge is 2.63. The third-order valence-corrected chi connectivity index (χ3v) is 12.7. The molecule has 1 N–H and O–H groups in total. The Morgan fingerprint density at radius 2 is 1.64 bits per heavy atom. The minimum Gasteiger partial charge on any atom is -0.462 e. The zero-order valence-corrected chi connectivity index (χ0v) is 26.3. The van der Waals surface area contributed by atoms with E-state index in [1.807, 2.05) is 27.7 Å². The van der Waals surface area contributed by atoms with Crippen molar-refractivity contribution in [1.29, 1.82) is 0 Å². The topological polar surface area (TPSA) is 72.8 Å². The first-order valence-electron chi connectivity index (χ1n) is 16.4. The van der Waals surface area contributed by atoms with Crippen molar-refractivity contribution >= 4 is 11.9 Å². The molecule has 11 atom stereocenters. The summed E-state index contributed by atoms with van der Waals surface area (Å²) in [5.74, 6) is 2.83. The molecule has 4 aliphatic rings. The molecule has 0 aliphatic heterocycles. The van der Waals surface area contributed by atoms with Crippen LogP contribution in [-0.4, -0.2) is 34.9 Å². The largest absolute Gasteiger partial charge is 0.462 e. The normalized spacial score (nSPS) is 41.5. The van der Waals surface area contributed by atoms with Gasteiger partial charge in [-0.1, -0.05) is 41.5 Å². The highest BCUT2D eigenvalue weighted by atomic mass is 16.6. The summed E-state index contributed by atoms with van der Waals surface area (Å²) in [4.78, 5) is 25.0. The fourth-order valence-corrected chi connectivity index (χ4v) is 9.69. The number of esters is 2. The van der Waals surface area contributed by atoms with Crippen molar-refractivity contribution in [2.45, 2.75) is 150 Å². The van der Waals surface area contributed by atoms with Crippen molar-refractivity contribution in [1.82, 2.24) is 0 Å². The molecule has 0 aromatic rings. The average molecular weight is 547 g/mol. The Balaban J connectivity index is 1.41. The quantitative estimate of drug-likeness (QED) is 0.300. The molecule has 0 heterocycles. The number of hydrogen-bond acceptors (Lipinski definition) is 5. The Morgan fingerprint density at radius 3 is 2.31 bits per heavy atom. The molecule has 4 rings (SSSR count). The SMILES string of the molecule is CCC(C)C(=O)OC1CC[C@@]2(C)C(C1)CC(O)C1C3CCC(C(C)CCC(=O)OC(C)(C)CC)[C@@]3(C)CCC12. The van der Waals surface area contributed by atoms with Crippen LogP contribution in [0.2, 0.25) is 0 Å². The van der Waals surface area contributed by atoms with E-state index < -0.39 is 0 Å². The van der Waals surface area contributed by atoms with Gasteiger partial charge in [-0.15, -0.1) is 0 Å². The summed E-state index contributed by atoms with van der Waals surface area (Å²) in [6.45, 7) is 17.4. The molecule has 5 heteroatoms. The van der Waals surface area contributed by atoms with Gasteiger partial charge in [0.1, 0.15) is 11.7 Å². The fraction of sp³-hybridized carbons (Fsp3) is 0.941. The van der Waals surface area contributed by atoms with Gasteiger partial charge < -0.3 is 14.6 Å². The lowest BCUT2D eigenvalue weighted by Crippen LogP contribution is -2.58. The summed E-state index contributed by atoms with van der Waals surface area (Å²) in [5.41, 5.74) is 0.0768. The van der Waals surface area contributed by atoms with Gasteiger partial charge in [-0.25, -0.2) is 0 Å². The summed E-state index contributed by atoms with van der Waals surface area (Å²) >= 11 is 0. The molecule has 4 saturated carbocycles. The van der Waals surface area contributed by atoms with Gasteiger partial charge in [0.05, 0.1) is 12.0 Å². The van der Waals surface area contributed by atoms with E-state index in [2.05, 4.69) is 27.7 Å². The molecule has 0 saturated heterocycles. The number of ether oxygens (including phenoxy) is 2. The van der Waals surface area contributed by atoms with Crippen molar-refractivity contribution in [3.63, 3.8) is 0 Å². The number of rotatable bonds is 9. The van der Waals surface area contributed by atoms with Crippen LogP contribution in [0.1, 0.15) is 132 Å². The summed E-state index contributed by atoms with van der Waals surface area (Å²) in [6.07, 6.45) is 11.4. The van der Waals surface area contributed by atoms with Crippen LogP contribution >= 0.6 is 0 Å². The molecule has 0 aromatic carbocycles. The molecule has 9 unspecified atom stereocenters. The minimum absolute atomic E-state index is 0.00785. The lowest BCUT2D eigenvalue weighted by Gasteiger charge is -2.62. The highest BCUT2D eigenvalue weighted by molar-refractivity contribution is 5.72. The molecular formula is C34H58O5. The van der Waals surface area contributed by atoms with Gasteiger partial charge in [-0.2, -0.15) is 0 Å². The lowest BCUT2D eigenvalue weighted by molar-refractivity contribution is -0.184. The Hall–Kier alpha value is -1.10. The van der Waals surface area contributed by atoms with Crippen LogP contribution in [-0.2, 0) is 19.1 Å². The number of aliphatic hydroxyl groups excluding tert-OH is 1. The fourth-order valence-electron chi connectivity index (χ4n) is 9.69. The number of aliphatic hydroxyl groups is 1. The van der Waals surface area contributed by atoms with Crippen molar-refractivity contribution in [2.24, 2.45) is 52.3 Å². The molecule has 0 radical (unpaired) electrons. The standard InChI is InChI=1S/C34H58O5/c1-9-21(3)31(37)38-24-15-17-33(7)23(19-24)20-28(35)30-26-13-12-25(34(26,8)18-16-27(30)33)22(4)11-14-29(36)39-32(5,6)10-2/h21-28,30,35H,9-20H2,1-8H3/t21?,22?,23?,24?,25?,26?,27?,28?,30?,33-,34+/m0/s1. The molecule has 0 amide bonds. The van der Waals surface area contributed by atoms with Gasteiger partial charge in [0, 0.05) is 6.42 Å². The summed E-state index contributed by atoms with van der Waals surface area (Å²) in [7, 11) is 0. The molecule has 0 spiro atoms. The number of fused-ring (bicyclic) bond motifs is 5. The molecule has 4 aliphatic carbocycles.